The van der Waals surface area contributed by atoms with Gasteiger partial charge in [-0.15, -0.1) is 24.0 Å². The Morgan fingerprint density at radius 2 is 2.00 bits per heavy atom. The predicted molar refractivity (Wildman–Crippen MR) is 126 cm³/mol. The zero-order chi connectivity index (χ0) is 20.4. The highest BCUT2D eigenvalue weighted by Gasteiger charge is 2.23. The summed E-state index contributed by atoms with van der Waals surface area (Å²) in [5, 5.41) is 3.26. The highest BCUT2D eigenvalue weighted by atomic mass is 127. The summed E-state index contributed by atoms with van der Waals surface area (Å²) in [6.45, 7) is 5.47. The average Bonchev–Trinajstić information content (AvgIpc) is 2.67. The predicted octanol–water partition coefficient (Wildman–Crippen LogP) is 2.27. The number of piperidine rings is 1. The van der Waals surface area contributed by atoms with Gasteiger partial charge in [0.25, 0.3) is 0 Å². The molecule has 0 aliphatic carbocycles. The van der Waals surface area contributed by atoms with Crippen molar-refractivity contribution >= 4 is 36.0 Å². The summed E-state index contributed by atoms with van der Waals surface area (Å²) in [5.74, 6) is 1.25. The Labute approximate surface area is 190 Å². The van der Waals surface area contributed by atoms with Crippen LogP contribution in [0.2, 0.25) is 0 Å². The Morgan fingerprint density at radius 3 is 2.66 bits per heavy atom. The first kappa shape index (κ1) is 25.3. The molecule has 0 aromatic heterocycles. The van der Waals surface area contributed by atoms with Crippen molar-refractivity contribution in [3.63, 3.8) is 0 Å². The number of hydrogen-bond donors (Lipinski definition) is 2. The van der Waals surface area contributed by atoms with Crippen molar-refractivity contribution in [2.45, 2.75) is 32.4 Å². The molecule has 1 aromatic carbocycles. The molecule has 1 aliphatic heterocycles. The van der Waals surface area contributed by atoms with Crippen molar-refractivity contribution in [1.29, 1.82) is 0 Å². The number of amides is 1. The second kappa shape index (κ2) is 13.5. The third kappa shape index (κ3) is 9.07. The first-order chi connectivity index (χ1) is 13.5. The van der Waals surface area contributed by atoms with Crippen molar-refractivity contribution in [1.82, 2.24) is 15.1 Å². The zero-order valence-electron chi connectivity index (χ0n) is 17.6. The van der Waals surface area contributed by atoms with Crippen molar-refractivity contribution in [3.05, 3.63) is 29.8 Å². The molecular weight excluding hydrogens is 485 g/mol. The standard InChI is InChI=1S/C20H33N5O3.HI/c1-4-27-20(26)25-11-9-17(10-12-25)23-19(21)22-15-16-7-5-6-8-18(16)28-14-13-24(2)3;/h5-8,17H,4,9-15H2,1-3H3,(H3,21,22,23);1H. The number of guanidine groups is 1. The molecule has 1 heterocycles. The summed E-state index contributed by atoms with van der Waals surface area (Å²) in [6.07, 6.45) is 1.40. The van der Waals surface area contributed by atoms with Crippen LogP contribution in [-0.2, 0) is 11.3 Å². The van der Waals surface area contributed by atoms with Crippen LogP contribution in [0.4, 0.5) is 4.79 Å². The van der Waals surface area contributed by atoms with Gasteiger partial charge >= 0.3 is 6.09 Å². The fourth-order valence-electron chi connectivity index (χ4n) is 2.96. The van der Waals surface area contributed by atoms with Gasteiger partial charge in [0, 0.05) is 31.2 Å². The Kier molecular flexibility index (Phi) is 11.7. The van der Waals surface area contributed by atoms with Crippen LogP contribution in [0, 0.1) is 0 Å². The largest absolute Gasteiger partial charge is 0.492 e. The molecule has 0 saturated carbocycles. The normalized spacial score (nSPS) is 15.0. The molecule has 0 spiro atoms. The third-order valence-corrected chi connectivity index (χ3v) is 4.56. The average molecular weight is 519 g/mol. The Morgan fingerprint density at radius 1 is 1.31 bits per heavy atom. The maximum Gasteiger partial charge on any atom is 0.409 e. The van der Waals surface area contributed by atoms with Gasteiger partial charge in [0.2, 0.25) is 0 Å². The summed E-state index contributed by atoms with van der Waals surface area (Å²) in [7, 11) is 4.03. The molecule has 8 nitrogen and oxygen atoms in total. The summed E-state index contributed by atoms with van der Waals surface area (Å²) in [6, 6.07) is 8.09. The quantitative estimate of drug-likeness (QED) is 0.311. The van der Waals surface area contributed by atoms with E-state index in [0.717, 1.165) is 30.7 Å². The number of carbonyl (C=O) groups excluding carboxylic acids is 1. The van der Waals surface area contributed by atoms with Crippen molar-refractivity contribution in [2.24, 2.45) is 10.7 Å². The number of hydrogen-bond acceptors (Lipinski definition) is 5. The number of para-hydroxylation sites is 1. The number of aliphatic imine (C=N–C) groups is 1. The number of benzene rings is 1. The lowest BCUT2D eigenvalue weighted by Gasteiger charge is -2.31. The number of nitrogens with zero attached hydrogens (tertiary/aromatic N) is 3. The van der Waals surface area contributed by atoms with Gasteiger partial charge in [0.15, 0.2) is 5.96 Å². The van der Waals surface area contributed by atoms with Crippen LogP contribution in [0.3, 0.4) is 0 Å². The van der Waals surface area contributed by atoms with E-state index in [4.69, 9.17) is 15.2 Å². The van der Waals surface area contributed by atoms with Gasteiger partial charge in [0.1, 0.15) is 12.4 Å². The Bertz CT molecular complexity index is 649. The van der Waals surface area contributed by atoms with Crippen molar-refractivity contribution in [3.8, 4) is 5.75 Å². The van der Waals surface area contributed by atoms with Crippen LogP contribution in [0.25, 0.3) is 0 Å². The molecule has 0 bridgehead atoms. The molecule has 2 rings (SSSR count). The lowest BCUT2D eigenvalue weighted by atomic mass is 10.1. The molecule has 3 N–H and O–H groups in total. The van der Waals surface area contributed by atoms with Gasteiger partial charge in [-0.1, -0.05) is 18.2 Å². The lowest BCUT2D eigenvalue weighted by Crippen LogP contribution is -2.48. The highest BCUT2D eigenvalue weighted by molar-refractivity contribution is 14.0. The number of likely N-dealkylation sites (tertiary alicyclic amines) is 1. The number of ether oxygens (including phenoxy) is 2. The summed E-state index contributed by atoms with van der Waals surface area (Å²) in [5.41, 5.74) is 7.07. The van der Waals surface area contributed by atoms with Crippen LogP contribution in [0.1, 0.15) is 25.3 Å². The van der Waals surface area contributed by atoms with Gasteiger partial charge in [0.05, 0.1) is 13.2 Å². The summed E-state index contributed by atoms with van der Waals surface area (Å²) < 4.78 is 10.9. The van der Waals surface area contributed by atoms with E-state index < -0.39 is 0 Å². The molecule has 164 valence electrons. The monoisotopic (exact) mass is 519 g/mol. The number of nitrogens with two attached hydrogens (primary N) is 1. The topological polar surface area (TPSA) is 92.4 Å². The third-order valence-electron chi connectivity index (χ3n) is 4.56. The minimum absolute atomic E-state index is 0. The summed E-state index contributed by atoms with van der Waals surface area (Å²) in [4.78, 5) is 20.0. The van der Waals surface area contributed by atoms with E-state index in [1.54, 1.807) is 4.90 Å². The van der Waals surface area contributed by atoms with Crippen LogP contribution in [-0.4, -0.2) is 74.8 Å². The first-order valence-corrected chi connectivity index (χ1v) is 9.83. The van der Waals surface area contributed by atoms with Gasteiger partial charge < -0.3 is 30.3 Å². The number of rotatable bonds is 8. The minimum Gasteiger partial charge on any atom is -0.492 e. The van der Waals surface area contributed by atoms with E-state index in [2.05, 4.69) is 15.2 Å². The molecule has 9 heteroatoms. The molecule has 29 heavy (non-hydrogen) atoms. The van der Waals surface area contributed by atoms with Crippen LogP contribution in [0.15, 0.2) is 29.3 Å². The molecule has 0 unspecified atom stereocenters. The fraction of sp³-hybridized carbons (Fsp3) is 0.600. The first-order valence-electron chi connectivity index (χ1n) is 9.83. The van der Waals surface area contributed by atoms with Crippen molar-refractivity contribution < 1.29 is 14.3 Å². The summed E-state index contributed by atoms with van der Waals surface area (Å²) >= 11 is 0. The molecule has 0 radical (unpaired) electrons. The number of halogens is 1. The second-order valence-electron chi connectivity index (χ2n) is 7.07. The molecule has 1 amide bonds. The number of nitrogens with one attached hydrogen (secondary N) is 1. The number of likely N-dealkylation sites (N-methyl/N-ethyl adjacent to an activating group) is 1. The Balaban J connectivity index is 0.00000420. The van der Waals surface area contributed by atoms with E-state index in [1.807, 2.05) is 45.3 Å². The maximum atomic E-state index is 11.8. The molecule has 1 aromatic rings. The van der Waals surface area contributed by atoms with Gasteiger partial charge in [-0.25, -0.2) is 9.79 Å². The zero-order valence-corrected chi connectivity index (χ0v) is 19.9. The molecule has 0 atom stereocenters. The van der Waals surface area contributed by atoms with Gasteiger partial charge in [-0.3, -0.25) is 0 Å². The van der Waals surface area contributed by atoms with E-state index in [1.165, 1.54) is 0 Å². The fourth-order valence-corrected chi connectivity index (χ4v) is 2.96. The molecule has 1 fully saturated rings. The van der Waals surface area contributed by atoms with Crippen LogP contribution >= 0.6 is 24.0 Å². The molecule has 1 saturated heterocycles. The Hall–Kier alpha value is -1.75. The van der Waals surface area contributed by atoms with E-state index in [0.29, 0.717) is 38.8 Å². The second-order valence-corrected chi connectivity index (χ2v) is 7.07. The molecule has 1 aliphatic rings. The van der Waals surface area contributed by atoms with Crippen LogP contribution < -0.4 is 15.8 Å². The maximum absolute atomic E-state index is 11.8. The minimum atomic E-state index is -0.242. The van der Waals surface area contributed by atoms with Gasteiger partial charge in [-0.05, 0) is 39.9 Å². The number of carbonyl (C=O) groups is 1. The van der Waals surface area contributed by atoms with Crippen molar-refractivity contribution in [2.75, 3.05) is 46.9 Å². The lowest BCUT2D eigenvalue weighted by molar-refractivity contribution is 0.0963. The molecular formula is C20H34IN5O3. The van der Waals surface area contributed by atoms with Gasteiger partial charge in [-0.2, -0.15) is 0 Å². The SMILES string of the molecule is CCOC(=O)N1CCC(NC(N)=NCc2ccccc2OCCN(C)C)CC1.I. The van der Waals surface area contributed by atoms with E-state index >= 15 is 0 Å². The van der Waals surface area contributed by atoms with Crippen LogP contribution in [0.5, 0.6) is 5.75 Å². The van der Waals surface area contributed by atoms with E-state index in [-0.39, 0.29) is 36.1 Å². The smallest absolute Gasteiger partial charge is 0.409 e. The highest BCUT2D eigenvalue weighted by Crippen LogP contribution is 2.19. The van der Waals surface area contributed by atoms with E-state index in [9.17, 15) is 4.79 Å².